The summed E-state index contributed by atoms with van der Waals surface area (Å²) in [7, 11) is 0. The first-order chi connectivity index (χ1) is 10.2. The third-order valence-electron chi connectivity index (χ3n) is 4.45. The summed E-state index contributed by atoms with van der Waals surface area (Å²) in [6, 6.07) is 0.119. The van der Waals surface area contributed by atoms with Crippen LogP contribution in [0.2, 0.25) is 0 Å². The lowest BCUT2D eigenvalue weighted by Crippen LogP contribution is -2.38. The van der Waals surface area contributed by atoms with Crippen LogP contribution in [0.5, 0.6) is 0 Å². The number of rotatable bonds is 5. The molecule has 1 saturated heterocycles. The molecular weight excluding hydrogens is 270 g/mol. The van der Waals surface area contributed by atoms with E-state index in [0.29, 0.717) is 18.4 Å². The average Bonchev–Trinajstić information content (AvgIpc) is 3.24. The summed E-state index contributed by atoms with van der Waals surface area (Å²) in [6.07, 6.45) is 4.04. The standard InChI is InChI=1S/C15H23N3O3/c1-3-20-15(19)12-6-8-18(9-7-12)10(2)14-16-13(17-21-14)11-4-5-11/h10-12H,3-9H2,1-2H3/t10-/m1/s1. The minimum absolute atomic E-state index is 0.0399. The molecule has 1 saturated carbocycles. The largest absolute Gasteiger partial charge is 0.466 e. The zero-order valence-corrected chi connectivity index (χ0v) is 12.7. The molecule has 0 N–H and O–H groups in total. The molecule has 2 aliphatic rings. The number of carbonyl (C=O) groups excluding carboxylic acids is 1. The van der Waals surface area contributed by atoms with Crippen molar-refractivity contribution in [2.75, 3.05) is 19.7 Å². The molecule has 0 radical (unpaired) electrons. The Balaban J connectivity index is 1.54. The Morgan fingerprint density at radius 1 is 1.38 bits per heavy atom. The molecule has 21 heavy (non-hydrogen) atoms. The summed E-state index contributed by atoms with van der Waals surface area (Å²) in [5.41, 5.74) is 0. The van der Waals surface area contributed by atoms with Crippen molar-refractivity contribution in [3.05, 3.63) is 11.7 Å². The average molecular weight is 293 g/mol. The highest BCUT2D eigenvalue weighted by molar-refractivity contribution is 5.72. The maximum absolute atomic E-state index is 11.7. The third kappa shape index (κ3) is 3.26. The molecular formula is C15H23N3O3. The molecule has 1 aromatic heterocycles. The molecule has 0 bridgehead atoms. The number of hydrogen-bond donors (Lipinski definition) is 0. The molecule has 1 aliphatic carbocycles. The third-order valence-corrected chi connectivity index (χ3v) is 4.45. The SMILES string of the molecule is CCOC(=O)C1CCN([C@H](C)c2nc(C3CC3)no2)CC1. The van der Waals surface area contributed by atoms with Gasteiger partial charge in [0, 0.05) is 5.92 Å². The van der Waals surface area contributed by atoms with E-state index in [1.54, 1.807) is 0 Å². The Kier molecular flexibility index (Phi) is 4.24. The highest BCUT2D eigenvalue weighted by Gasteiger charge is 2.33. The van der Waals surface area contributed by atoms with Gasteiger partial charge in [-0.15, -0.1) is 0 Å². The van der Waals surface area contributed by atoms with E-state index < -0.39 is 0 Å². The maximum atomic E-state index is 11.7. The van der Waals surface area contributed by atoms with Crippen molar-refractivity contribution in [1.82, 2.24) is 15.0 Å². The van der Waals surface area contributed by atoms with Crippen LogP contribution < -0.4 is 0 Å². The van der Waals surface area contributed by atoms with Crippen molar-refractivity contribution in [1.29, 1.82) is 0 Å². The fraction of sp³-hybridized carbons (Fsp3) is 0.800. The number of carbonyl (C=O) groups is 1. The van der Waals surface area contributed by atoms with E-state index in [1.807, 2.05) is 6.92 Å². The van der Waals surface area contributed by atoms with Crippen molar-refractivity contribution in [3.8, 4) is 0 Å². The Morgan fingerprint density at radius 3 is 2.71 bits per heavy atom. The van der Waals surface area contributed by atoms with Crippen LogP contribution in [0.1, 0.15) is 63.2 Å². The zero-order valence-electron chi connectivity index (χ0n) is 12.7. The molecule has 0 spiro atoms. The molecule has 6 heteroatoms. The summed E-state index contributed by atoms with van der Waals surface area (Å²) >= 11 is 0. The topological polar surface area (TPSA) is 68.5 Å². The smallest absolute Gasteiger partial charge is 0.309 e. The molecule has 116 valence electrons. The molecule has 0 aromatic carbocycles. The maximum Gasteiger partial charge on any atom is 0.309 e. The Morgan fingerprint density at radius 2 is 2.10 bits per heavy atom. The lowest BCUT2D eigenvalue weighted by atomic mass is 9.96. The molecule has 6 nitrogen and oxygen atoms in total. The van der Waals surface area contributed by atoms with E-state index >= 15 is 0 Å². The van der Waals surface area contributed by atoms with E-state index in [-0.39, 0.29) is 17.9 Å². The number of nitrogens with zero attached hydrogens (tertiary/aromatic N) is 3. The predicted octanol–water partition coefficient (Wildman–Crippen LogP) is 2.28. The molecule has 1 aromatic rings. The van der Waals surface area contributed by atoms with Crippen molar-refractivity contribution >= 4 is 5.97 Å². The fourth-order valence-corrected chi connectivity index (χ4v) is 2.86. The Labute approximate surface area is 124 Å². The van der Waals surface area contributed by atoms with Crippen LogP contribution in [0.4, 0.5) is 0 Å². The van der Waals surface area contributed by atoms with Gasteiger partial charge in [-0.3, -0.25) is 9.69 Å². The lowest BCUT2D eigenvalue weighted by molar-refractivity contribution is -0.149. The lowest BCUT2D eigenvalue weighted by Gasteiger charge is -2.33. The van der Waals surface area contributed by atoms with E-state index in [9.17, 15) is 4.79 Å². The zero-order chi connectivity index (χ0) is 14.8. The summed E-state index contributed by atoms with van der Waals surface area (Å²) in [5.74, 6) is 2.06. The quantitative estimate of drug-likeness (QED) is 0.776. The van der Waals surface area contributed by atoms with Crippen molar-refractivity contribution in [3.63, 3.8) is 0 Å². The first-order valence-electron chi connectivity index (χ1n) is 7.93. The summed E-state index contributed by atoms with van der Waals surface area (Å²) in [4.78, 5) is 18.6. The highest BCUT2D eigenvalue weighted by Crippen LogP contribution is 2.38. The van der Waals surface area contributed by atoms with Gasteiger partial charge in [0.1, 0.15) is 0 Å². The first kappa shape index (κ1) is 14.5. The van der Waals surface area contributed by atoms with Gasteiger partial charge in [0.15, 0.2) is 5.82 Å². The first-order valence-corrected chi connectivity index (χ1v) is 7.93. The highest BCUT2D eigenvalue weighted by atomic mass is 16.5. The number of piperidine rings is 1. The van der Waals surface area contributed by atoms with Crippen LogP contribution in [-0.4, -0.2) is 40.7 Å². The monoisotopic (exact) mass is 293 g/mol. The van der Waals surface area contributed by atoms with Crippen LogP contribution in [0.25, 0.3) is 0 Å². The molecule has 1 atom stereocenters. The second-order valence-electron chi connectivity index (χ2n) is 6.00. The van der Waals surface area contributed by atoms with Crippen molar-refractivity contribution < 1.29 is 14.1 Å². The second kappa shape index (κ2) is 6.13. The Bertz CT molecular complexity index is 490. The van der Waals surface area contributed by atoms with Gasteiger partial charge in [-0.2, -0.15) is 4.98 Å². The number of esters is 1. The molecule has 0 unspecified atom stereocenters. The van der Waals surface area contributed by atoms with Crippen LogP contribution in [-0.2, 0) is 9.53 Å². The molecule has 2 fully saturated rings. The molecule has 1 aliphatic heterocycles. The number of ether oxygens (including phenoxy) is 1. The van der Waals surface area contributed by atoms with Gasteiger partial charge in [0.25, 0.3) is 0 Å². The van der Waals surface area contributed by atoms with Gasteiger partial charge in [-0.05, 0) is 52.6 Å². The fourth-order valence-electron chi connectivity index (χ4n) is 2.86. The van der Waals surface area contributed by atoms with Crippen LogP contribution in [0.15, 0.2) is 4.52 Å². The van der Waals surface area contributed by atoms with Gasteiger partial charge in [-0.25, -0.2) is 0 Å². The number of hydrogen-bond acceptors (Lipinski definition) is 6. The van der Waals surface area contributed by atoms with Gasteiger partial charge in [0.2, 0.25) is 5.89 Å². The van der Waals surface area contributed by atoms with Gasteiger partial charge < -0.3 is 9.26 Å². The van der Waals surface area contributed by atoms with E-state index in [1.165, 1.54) is 12.8 Å². The van der Waals surface area contributed by atoms with Gasteiger partial charge >= 0.3 is 5.97 Å². The summed E-state index contributed by atoms with van der Waals surface area (Å²) in [5, 5.41) is 4.07. The minimum Gasteiger partial charge on any atom is -0.466 e. The van der Waals surface area contributed by atoms with Crippen molar-refractivity contribution in [2.24, 2.45) is 5.92 Å². The van der Waals surface area contributed by atoms with Crippen LogP contribution >= 0.6 is 0 Å². The van der Waals surface area contributed by atoms with Crippen LogP contribution in [0.3, 0.4) is 0 Å². The number of aromatic nitrogens is 2. The normalized spacial score (nSPS) is 22.2. The molecule has 0 amide bonds. The van der Waals surface area contributed by atoms with E-state index in [0.717, 1.165) is 31.8 Å². The number of likely N-dealkylation sites (tertiary alicyclic amines) is 1. The Hall–Kier alpha value is -1.43. The van der Waals surface area contributed by atoms with Gasteiger partial charge in [0.05, 0.1) is 18.6 Å². The molecule has 2 heterocycles. The molecule has 3 rings (SSSR count). The minimum atomic E-state index is -0.0568. The van der Waals surface area contributed by atoms with Gasteiger partial charge in [-0.1, -0.05) is 5.16 Å². The van der Waals surface area contributed by atoms with Crippen LogP contribution in [0, 0.1) is 5.92 Å². The van der Waals surface area contributed by atoms with E-state index in [4.69, 9.17) is 9.26 Å². The van der Waals surface area contributed by atoms with E-state index in [2.05, 4.69) is 22.0 Å². The predicted molar refractivity (Wildman–Crippen MR) is 75.6 cm³/mol. The summed E-state index contributed by atoms with van der Waals surface area (Å²) in [6.45, 7) is 6.13. The van der Waals surface area contributed by atoms with Crippen molar-refractivity contribution in [2.45, 2.75) is 51.5 Å². The second-order valence-corrected chi connectivity index (χ2v) is 6.00. The summed E-state index contributed by atoms with van der Waals surface area (Å²) < 4.78 is 10.5.